The minimum atomic E-state index is -0.394. The smallest absolute Gasteiger partial charge is 0.262 e. The van der Waals surface area contributed by atoms with Crippen LogP contribution in [0.5, 0.6) is 0 Å². The van der Waals surface area contributed by atoms with Crippen molar-refractivity contribution in [1.29, 1.82) is 0 Å². The van der Waals surface area contributed by atoms with Crippen LogP contribution in [0.1, 0.15) is 30.2 Å². The van der Waals surface area contributed by atoms with Gasteiger partial charge in [0.05, 0.1) is 23.8 Å². The summed E-state index contributed by atoms with van der Waals surface area (Å²) >= 11 is 2.96. The first-order valence-electron chi connectivity index (χ1n) is 11.4. The van der Waals surface area contributed by atoms with E-state index in [-0.39, 0.29) is 11.5 Å². The van der Waals surface area contributed by atoms with Crippen LogP contribution in [0.3, 0.4) is 0 Å². The van der Waals surface area contributed by atoms with Crippen LogP contribution >= 0.6 is 23.1 Å². The third kappa shape index (κ3) is 4.54. The average molecular weight is 485 g/mol. The summed E-state index contributed by atoms with van der Waals surface area (Å²) in [6.07, 6.45) is 4.29. The quantitative estimate of drug-likeness (QED) is 0.438. The van der Waals surface area contributed by atoms with Crippen LogP contribution in [0.25, 0.3) is 10.2 Å². The second kappa shape index (κ2) is 9.48. The zero-order valence-electron chi connectivity index (χ0n) is 18.9. The lowest BCUT2D eigenvalue weighted by Crippen LogP contribution is -2.36. The van der Waals surface area contributed by atoms with Gasteiger partial charge in [0.15, 0.2) is 5.16 Å². The third-order valence-electron chi connectivity index (χ3n) is 6.32. The Bertz CT molecular complexity index is 1230. The molecule has 1 N–H and O–H groups in total. The molecule has 33 heavy (non-hydrogen) atoms. The Hall–Kier alpha value is -2.36. The van der Waals surface area contributed by atoms with Gasteiger partial charge in [-0.25, -0.2) is 4.98 Å². The number of fused-ring (bicyclic) bond motifs is 3. The van der Waals surface area contributed by atoms with Gasteiger partial charge in [-0.1, -0.05) is 11.8 Å². The highest BCUT2D eigenvalue weighted by molar-refractivity contribution is 8.00. The highest BCUT2D eigenvalue weighted by atomic mass is 32.2. The van der Waals surface area contributed by atoms with E-state index < -0.39 is 5.25 Å². The maximum absolute atomic E-state index is 13.1. The molecule has 1 saturated heterocycles. The third-order valence-corrected chi connectivity index (χ3v) is 8.65. The number of aryl methyl sites for hydroxylation is 2. The molecule has 9 heteroatoms. The van der Waals surface area contributed by atoms with Crippen LogP contribution in [0, 0.1) is 0 Å². The van der Waals surface area contributed by atoms with Crippen LogP contribution in [0.15, 0.2) is 34.2 Å². The van der Waals surface area contributed by atoms with Gasteiger partial charge in [0.2, 0.25) is 5.91 Å². The molecule has 0 radical (unpaired) electrons. The molecule has 1 atom stereocenters. The second-order valence-corrected chi connectivity index (χ2v) is 10.9. The van der Waals surface area contributed by atoms with E-state index in [1.54, 1.807) is 23.0 Å². The first-order chi connectivity index (χ1) is 16.0. The summed E-state index contributed by atoms with van der Waals surface area (Å²) in [5.74, 6) is -0.112. The standard InChI is InChI=1S/C24H28N4O3S2/c1-15(21(29)25-16-7-9-17(10-8-16)28-11-13-31-14-12-28)32-24-26-22-20(23(30)27(24)2)18-5-3-4-6-19(18)33-22/h7-10,15H,3-6,11-14H2,1-2H3,(H,25,29)/t15-/m0/s1. The van der Waals surface area contributed by atoms with Crippen LogP contribution < -0.4 is 15.8 Å². The molecule has 5 rings (SSSR count). The molecule has 7 nitrogen and oxygen atoms in total. The molecule has 1 fully saturated rings. The Morgan fingerprint density at radius 2 is 1.91 bits per heavy atom. The van der Waals surface area contributed by atoms with Crippen molar-refractivity contribution in [3.8, 4) is 0 Å². The molecular formula is C24H28N4O3S2. The Labute approximate surface area is 201 Å². The molecule has 0 saturated carbocycles. The van der Waals surface area contributed by atoms with E-state index in [4.69, 9.17) is 9.72 Å². The van der Waals surface area contributed by atoms with Gasteiger partial charge < -0.3 is 15.0 Å². The van der Waals surface area contributed by atoms with E-state index in [1.165, 1.54) is 28.6 Å². The molecule has 3 heterocycles. The number of hydrogen-bond acceptors (Lipinski definition) is 7. The molecule has 3 aromatic rings. The number of benzene rings is 1. The molecule has 2 aliphatic rings. The SMILES string of the molecule is C[C@H](Sc1nc2sc3c(c2c(=O)n1C)CCCC3)C(=O)Nc1ccc(N2CCOCC2)cc1. The minimum absolute atomic E-state index is 0.00629. The number of nitrogens with one attached hydrogen (secondary N) is 1. The van der Waals surface area contributed by atoms with Gasteiger partial charge in [-0.15, -0.1) is 11.3 Å². The molecule has 1 aromatic carbocycles. The number of ether oxygens (including phenoxy) is 1. The zero-order valence-corrected chi connectivity index (χ0v) is 20.6. The number of hydrogen-bond donors (Lipinski definition) is 1. The fourth-order valence-corrected chi connectivity index (χ4v) is 6.58. The van der Waals surface area contributed by atoms with Crippen molar-refractivity contribution in [2.24, 2.45) is 7.05 Å². The van der Waals surface area contributed by atoms with E-state index in [9.17, 15) is 9.59 Å². The lowest BCUT2D eigenvalue weighted by atomic mass is 9.97. The summed E-state index contributed by atoms with van der Waals surface area (Å²) in [5.41, 5.74) is 3.07. The lowest BCUT2D eigenvalue weighted by molar-refractivity contribution is -0.115. The van der Waals surface area contributed by atoms with Crippen molar-refractivity contribution < 1.29 is 9.53 Å². The van der Waals surface area contributed by atoms with Crippen LogP contribution in [-0.2, 0) is 29.4 Å². The van der Waals surface area contributed by atoms with Gasteiger partial charge in [-0.05, 0) is 62.4 Å². The van der Waals surface area contributed by atoms with E-state index in [0.717, 1.165) is 67.2 Å². The highest BCUT2D eigenvalue weighted by Gasteiger charge is 2.23. The molecule has 174 valence electrons. The molecule has 1 aliphatic heterocycles. The lowest BCUT2D eigenvalue weighted by Gasteiger charge is -2.28. The van der Waals surface area contributed by atoms with Gasteiger partial charge in [0.25, 0.3) is 5.56 Å². The number of anilines is 2. The minimum Gasteiger partial charge on any atom is -0.378 e. The number of rotatable bonds is 5. The van der Waals surface area contributed by atoms with Gasteiger partial charge >= 0.3 is 0 Å². The van der Waals surface area contributed by atoms with Gasteiger partial charge in [0.1, 0.15) is 4.83 Å². The number of carbonyl (C=O) groups is 1. The molecular weight excluding hydrogens is 456 g/mol. The number of aromatic nitrogens is 2. The predicted octanol–water partition coefficient (Wildman–Crippen LogP) is 3.83. The molecule has 1 aliphatic carbocycles. The van der Waals surface area contributed by atoms with Crippen LogP contribution in [0.2, 0.25) is 0 Å². The first kappa shape index (κ1) is 22.4. The monoisotopic (exact) mass is 484 g/mol. The number of nitrogens with zero attached hydrogens (tertiary/aromatic N) is 3. The van der Waals surface area contributed by atoms with E-state index >= 15 is 0 Å². The van der Waals surface area contributed by atoms with E-state index in [0.29, 0.717) is 5.16 Å². The Balaban J connectivity index is 1.29. The van der Waals surface area contributed by atoms with E-state index in [2.05, 4.69) is 10.2 Å². The first-order valence-corrected chi connectivity index (χ1v) is 13.1. The second-order valence-electron chi connectivity index (χ2n) is 8.55. The topological polar surface area (TPSA) is 76.5 Å². The fourth-order valence-electron chi connectivity index (χ4n) is 4.41. The van der Waals surface area contributed by atoms with Crippen molar-refractivity contribution >= 4 is 50.6 Å². The molecule has 0 bridgehead atoms. The Kier molecular flexibility index (Phi) is 6.44. The fraction of sp³-hybridized carbons (Fsp3) is 0.458. The van der Waals surface area contributed by atoms with Crippen LogP contribution in [-0.4, -0.2) is 47.0 Å². The summed E-state index contributed by atoms with van der Waals surface area (Å²) < 4.78 is 7.00. The number of amides is 1. The Morgan fingerprint density at radius 1 is 1.18 bits per heavy atom. The van der Waals surface area contributed by atoms with Gasteiger partial charge in [0, 0.05) is 36.4 Å². The molecule has 1 amide bonds. The van der Waals surface area contributed by atoms with E-state index in [1.807, 2.05) is 31.2 Å². The van der Waals surface area contributed by atoms with Crippen LogP contribution in [0.4, 0.5) is 11.4 Å². The summed E-state index contributed by atoms with van der Waals surface area (Å²) in [5, 5.41) is 3.95. The number of morpholine rings is 1. The maximum Gasteiger partial charge on any atom is 0.262 e. The molecule has 2 aromatic heterocycles. The van der Waals surface area contributed by atoms with Crippen molar-refractivity contribution in [2.75, 3.05) is 36.5 Å². The number of carbonyl (C=O) groups excluding carboxylic acids is 1. The maximum atomic E-state index is 13.1. The summed E-state index contributed by atoms with van der Waals surface area (Å²) in [7, 11) is 1.75. The normalized spacial score (nSPS) is 17.1. The average Bonchev–Trinajstić information content (AvgIpc) is 3.21. The van der Waals surface area contributed by atoms with Crippen molar-refractivity contribution in [1.82, 2.24) is 9.55 Å². The highest BCUT2D eigenvalue weighted by Crippen LogP contribution is 2.35. The molecule has 0 spiro atoms. The number of thiophene rings is 1. The summed E-state index contributed by atoms with van der Waals surface area (Å²) in [6.45, 7) is 5.08. The van der Waals surface area contributed by atoms with Crippen molar-refractivity contribution in [3.63, 3.8) is 0 Å². The largest absolute Gasteiger partial charge is 0.378 e. The zero-order chi connectivity index (χ0) is 22.9. The van der Waals surface area contributed by atoms with Crippen molar-refractivity contribution in [2.45, 2.75) is 43.0 Å². The molecule has 0 unspecified atom stereocenters. The summed E-state index contributed by atoms with van der Waals surface area (Å²) in [4.78, 5) is 35.1. The Morgan fingerprint density at radius 3 is 2.67 bits per heavy atom. The number of thioether (sulfide) groups is 1. The summed E-state index contributed by atoms with van der Waals surface area (Å²) in [6, 6.07) is 7.90. The predicted molar refractivity (Wildman–Crippen MR) is 135 cm³/mol. The van der Waals surface area contributed by atoms with Crippen molar-refractivity contribution in [3.05, 3.63) is 45.1 Å². The van der Waals surface area contributed by atoms with Gasteiger partial charge in [-0.3, -0.25) is 14.2 Å². The van der Waals surface area contributed by atoms with Gasteiger partial charge in [-0.2, -0.15) is 0 Å².